The molecule has 0 atom stereocenters. The predicted molar refractivity (Wildman–Crippen MR) is 61.0 cm³/mol. The van der Waals surface area contributed by atoms with Crippen molar-refractivity contribution in [3.63, 3.8) is 0 Å². The van der Waals surface area contributed by atoms with Gasteiger partial charge >= 0.3 is 7.12 Å². The van der Waals surface area contributed by atoms with Gasteiger partial charge in [0.05, 0.1) is 10.6 Å². The molecule has 1 aromatic carbocycles. The highest BCUT2D eigenvalue weighted by Gasteiger charge is 2.29. The topological polar surface area (TPSA) is 74.6 Å². The monoisotopic (exact) mass is 240 g/mol. The van der Waals surface area contributed by atoms with Crippen LogP contribution in [0.2, 0.25) is 0 Å². The molecule has 16 heavy (non-hydrogen) atoms. The van der Waals surface area contributed by atoms with Crippen molar-refractivity contribution in [2.24, 2.45) is 5.92 Å². The van der Waals surface area contributed by atoms with Gasteiger partial charge in [0.2, 0.25) is 0 Å². The summed E-state index contributed by atoms with van der Waals surface area (Å²) in [6.07, 6.45) is 1.95. The zero-order valence-corrected chi connectivity index (χ0v) is 9.52. The van der Waals surface area contributed by atoms with Crippen molar-refractivity contribution in [2.45, 2.75) is 17.7 Å². The van der Waals surface area contributed by atoms with Gasteiger partial charge < -0.3 is 10.0 Å². The zero-order valence-electron chi connectivity index (χ0n) is 8.70. The lowest BCUT2D eigenvalue weighted by Crippen LogP contribution is -2.30. The molecule has 0 radical (unpaired) electrons. The largest absolute Gasteiger partial charge is 0.488 e. The summed E-state index contributed by atoms with van der Waals surface area (Å²) in [5.74, 6) is 0.450. The molecule has 1 aromatic rings. The van der Waals surface area contributed by atoms with Crippen LogP contribution in [0, 0.1) is 5.92 Å². The van der Waals surface area contributed by atoms with E-state index in [-0.39, 0.29) is 22.0 Å². The molecule has 0 unspecified atom stereocenters. The molecule has 86 valence electrons. The Kier molecular flexibility index (Phi) is 3.05. The fraction of sp³-hybridized carbons (Fsp3) is 0.400. The Labute approximate surface area is 95.0 Å². The molecule has 0 aliphatic heterocycles. The minimum atomic E-state index is -3.28. The zero-order chi connectivity index (χ0) is 11.8. The summed E-state index contributed by atoms with van der Waals surface area (Å²) in [5, 5.41) is 17.9. The van der Waals surface area contributed by atoms with Crippen LogP contribution in [-0.4, -0.2) is 31.3 Å². The van der Waals surface area contributed by atoms with E-state index in [1.54, 1.807) is 0 Å². The second-order valence-electron chi connectivity index (χ2n) is 4.17. The van der Waals surface area contributed by atoms with Crippen molar-refractivity contribution in [3.8, 4) is 0 Å². The minimum absolute atomic E-state index is 0.165. The van der Waals surface area contributed by atoms with Crippen molar-refractivity contribution >= 4 is 22.4 Å². The van der Waals surface area contributed by atoms with Gasteiger partial charge in [-0.25, -0.2) is 8.42 Å². The number of benzene rings is 1. The number of hydrogen-bond donors (Lipinski definition) is 2. The van der Waals surface area contributed by atoms with Gasteiger partial charge in [0.15, 0.2) is 9.84 Å². The average molecular weight is 240 g/mol. The summed E-state index contributed by atoms with van der Waals surface area (Å²) in [5.41, 5.74) is 0.205. The van der Waals surface area contributed by atoms with Crippen molar-refractivity contribution < 1.29 is 18.5 Å². The first kappa shape index (κ1) is 11.6. The highest BCUT2D eigenvalue weighted by atomic mass is 32.2. The van der Waals surface area contributed by atoms with Gasteiger partial charge in [-0.05, 0) is 36.4 Å². The fourth-order valence-corrected chi connectivity index (χ4v) is 3.31. The van der Waals surface area contributed by atoms with Crippen molar-refractivity contribution in [2.75, 3.05) is 5.75 Å². The Balaban J connectivity index is 2.28. The van der Waals surface area contributed by atoms with Crippen LogP contribution in [0.3, 0.4) is 0 Å². The first-order chi connectivity index (χ1) is 7.49. The molecule has 0 spiro atoms. The first-order valence-electron chi connectivity index (χ1n) is 5.18. The van der Waals surface area contributed by atoms with Crippen molar-refractivity contribution in [3.05, 3.63) is 24.3 Å². The second kappa shape index (κ2) is 4.20. The Morgan fingerprint density at radius 3 is 2.56 bits per heavy atom. The summed E-state index contributed by atoms with van der Waals surface area (Å²) in [6, 6.07) is 5.82. The van der Waals surface area contributed by atoms with Gasteiger partial charge in [0, 0.05) is 0 Å². The molecule has 0 aromatic heterocycles. The lowest BCUT2D eigenvalue weighted by molar-refractivity contribution is 0.425. The molecule has 1 fully saturated rings. The molecule has 1 saturated carbocycles. The molecule has 0 bridgehead atoms. The van der Waals surface area contributed by atoms with E-state index in [9.17, 15) is 8.42 Å². The van der Waals surface area contributed by atoms with Crippen LogP contribution in [-0.2, 0) is 9.84 Å². The maximum absolute atomic E-state index is 11.9. The van der Waals surface area contributed by atoms with Crippen LogP contribution >= 0.6 is 0 Å². The molecule has 2 rings (SSSR count). The third-order valence-corrected chi connectivity index (χ3v) is 4.55. The highest BCUT2D eigenvalue weighted by molar-refractivity contribution is 7.91. The van der Waals surface area contributed by atoms with Gasteiger partial charge in [-0.15, -0.1) is 0 Å². The van der Waals surface area contributed by atoms with Gasteiger partial charge in [0.25, 0.3) is 0 Å². The Morgan fingerprint density at radius 1 is 1.31 bits per heavy atom. The smallest absolute Gasteiger partial charge is 0.423 e. The lowest BCUT2D eigenvalue weighted by Gasteiger charge is -2.05. The summed E-state index contributed by atoms with van der Waals surface area (Å²) in [4.78, 5) is 0.171. The highest BCUT2D eigenvalue weighted by Crippen LogP contribution is 2.32. The van der Waals surface area contributed by atoms with E-state index < -0.39 is 17.0 Å². The van der Waals surface area contributed by atoms with Crippen molar-refractivity contribution in [1.82, 2.24) is 0 Å². The maximum Gasteiger partial charge on any atom is 0.488 e. The van der Waals surface area contributed by atoms with Gasteiger partial charge in [-0.2, -0.15) is 0 Å². The predicted octanol–water partition coefficient (Wildman–Crippen LogP) is -0.450. The Bertz CT molecular complexity index is 479. The number of hydrogen-bond acceptors (Lipinski definition) is 4. The minimum Gasteiger partial charge on any atom is -0.423 e. The van der Waals surface area contributed by atoms with Crippen LogP contribution in [0.5, 0.6) is 0 Å². The number of rotatable bonds is 4. The molecule has 1 aliphatic carbocycles. The third kappa shape index (κ3) is 2.64. The summed E-state index contributed by atoms with van der Waals surface area (Å²) in [7, 11) is -4.90. The molecule has 4 nitrogen and oxygen atoms in total. The van der Waals surface area contributed by atoms with E-state index in [0.717, 1.165) is 12.8 Å². The van der Waals surface area contributed by atoms with Crippen molar-refractivity contribution in [1.29, 1.82) is 0 Å². The summed E-state index contributed by atoms with van der Waals surface area (Å²) >= 11 is 0. The molecule has 0 heterocycles. The van der Waals surface area contributed by atoms with E-state index in [0.29, 0.717) is 0 Å². The molecule has 1 aliphatic rings. The van der Waals surface area contributed by atoms with Gasteiger partial charge in [0.1, 0.15) is 0 Å². The normalized spacial score (nSPS) is 16.1. The van der Waals surface area contributed by atoms with Crippen LogP contribution in [0.1, 0.15) is 12.8 Å². The molecular weight excluding hydrogens is 227 g/mol. The Hall–Kier alpha value is -0.845. The SMILES string of the molecule is O=S(=O)(CC1CC1)c1cccc(B(O)O)c1. The second-order valence-corrected chi connectivity index (χ2v) is 6.21. The lowest BCUT2D eigenvalue weighted by atomic mass is 9.80. The standard InChI is InChI=1S/C10H13BO4S/c12-11(13)9-2-1-3-10(6-9)16(14,15)7-8-4-5-8/h1-3,6,8,12-13H,4-5,7H2. The molecular formula is C10H13BO4S. The quantitative estimate of drug-likeness (QED) is 0.699. The average Bonchev–Trinajstić information content (AvgIpc) is 3.01. The Morgan fingerprint density at radius 2 is 2.00 bits per heavy atom. The maximum atomic E-state index is 11.9. The molecule has 6 heteroatoms. The van der Waals surface area contributed by atoms with E-state index in [2.05, 4.69) is 0 Å². The van der Waals surface area contributed by atoms with E-state index in [1.807, 2.05) is 0 Å². The summed E-state index contributed by atoms with van der Waals surface area (Å²) < 4.78 is 23.8. The van der Waals surface area contributed by atoms with Crippen LogP contribution in [0.15, 0.2) is 29.2 Å². The molecule has 2 N–H and O–H groups in total. The van der Waals surface area contributed by atoms with Gasteiger partial charge in [-0.3, -0.25) is 0 Å². The number of sulfone groups is 1. The fourth-order valence-electron chi connectivity index (χ4n) is 1.56. The van der Waals surface area contributed by atoms with Gasteiger partial charge in [-0.1, -0.05) is 12.1 Å². The third-order valence-electron chi connectivity index (χ3n) is 2.67. The van der Waals surface area contributed by atoms with Crippen LogP contribution in [0.25, 0.3) is 0 Å². The summed E-state index contributed by atoms with van der Waals surface area (Å²) in [6.45, 7) is 0. The first-order valence-corrected chi connectivity index (χ1v) is 6.83. The van der Waals surface area contributed by atoms with Crippen LogP contribution in [0.4, 0.5) is 0 Å². The van der Waals surface area contributed by atoms with E-state index >= 15 is 0 Å². The van der Waals surface area contributed by atoms with Crippen LogP contribution < -0.4 is 5.46 Å². The molecule has 0 saturated heterocycles. The van der Waals surface area contributed by atoms with E-state index in [4.69, 9.17) is 10.0 Å². The van der Waals surface area contributed by atoms with E-state index in [1.165, 1.54) is 24.3 Å². The molecule has 0 amide bonds.